The minimum atomic E-state index is -1.51. The number of benzene rings is 1. The molecular formula is C38H44ClN5O16S2. The molecule has 0 saturated carbocycles. The molecule has 0 unspecified atom stereocenters. The normalized spacial score (nSPS) is 25.8. The Labute approximate surface area is 367 Å². The van der Waals surface area contributed by atoms with Crippen LogP contribution in [-0.4, -0.2) is 130 Å². The summed E-state index contributed by atoms with van der Waals surface area (Å²) in [5.74, 6) is -5.95. The number of nitrogens with one attached hydrogen (secondary N) is 2. The van der Waals surface area contributed by atoms with Gasteiger partial charge in [-0.2, -0.15) is 0 Å². The number of hydrogen-bond donors (Lipinski definition) is 2. The predicted octanol–water partition coefficient (Wildman–Crippen LogP) is 2.39. The molecule has 2 amide bonds. The predicted molar refractivity (Wildman–Crippen MR) is 215 cm³/mol. The first-order chi connectivity index (χ1) is 29.2. The van der Waals surface area contributed by atoms with E-state index in [1.165, 1.54) is 29.8 Å². The number of nitrogens with zero attached hydrogens (tertiary/aromatic N) is 3. The first-order valence-electron chi connectivity index (χ1n) is 18.8. The zero-order valence-electron chi connectivity index (χ0n) is 34.6. The molecule has 24 heteroatoms. The number of amides is 2. The van der Waals surface area contributed by atoms with Crippen LogP contribution in [0.5, 0.6) is 0 Å². The second kappa shape index (κ2) is 20.7. The summed E-state index contributed by atoms with van der Waals surface area (Å²) < 4.78 is 48.4. The maximum atomic E-state index is 13.0. The van der Waals surface area contributed by atoms with Crippen molar-refractivity contribution in [1.29, 1.82) is 0 Å². The fourth-order valence-corrected chi connectivity index (χ4v) is 9.59. The number of rotatable bonds is 14. The van der Waals surface area contributed by atoms with E-state index in [0.717, 1.165) is 58.0 Å². The number of fused-ring (bicyclic) bond motifs is 1. The van der Waals surface area contributed by atoms with E-state index in [4.69, 9.17) is 49.5 Å². The van der Waals surface area contributed by atoms with Gasteiger partial charge in [0.1, 0.15) is 42.9 Å². The molecule has 4 heterocycles. The van der Waals surface area contributed by atoms with E-state index >= 15 is 0 Å². The highest BCUT2D eigenvalue weighted by atomic mass is 35.5. The maximum absolute atomic E-state index is 13.0. The van der Waals surface area contributed by atoms with Gasteiger partial charge in [-0.05, 0) is 6.07 Å². The number of aromatic nitrogens is 3. The summed E-state index contributed by atoms with van der Waals surface area (Å²) in [6, 6.07) is 4.48. The lowest BCUT2D eigenvalue weighted by molar-refractivity contribution is -0.238. The van der Waals surface area contributed by atoms with Gasteiger partial charge in [-0.1, -0.05) is 41.6 Å². The van der Waals surface area contributed by atoms with E-state index in [9.17, 15) is 38.4 Å². The molecule has 2 N–H and O–H groups in total. The van der Waals surface area contributed by atoms with Gasteiger partial charge in [-0.25, -0.2) is 0 Å². The molecule has 0 bridgehead atoms. The van der Waals surface area contributed by atoms with Crippen LogP contribution in [0.25, 0.3) is 20.8 Å². The van der Waals surface area contributed by atoms with Crippen LogP contribution in [0.1, 0.15) is 61.6 Å². The number of carbonyl (C=O) groups is 8. The van der Waals surface area contributed by atoms with Crippen LogP contribution in [0.2, 0.25) is 5.02 Å². The molecule has 0 aliphatic carbocycles. The van der Waals surface area contributed by atoms with Crippen molar-refractivity contribution in [3.8, 4) is 10.7 Å². The molecule has 21 nitrogen and oxygen atoms in total. The molecule has 1 aromatic carbocycles. The minimum absolute atomic E-state index is 0.0375. The van der Waals surface area contributed by atoms with E-state index in [1.807, 2.05) is 6.07 Å². The van der Waals surface area contributed by atoms with Gasteiger partial charge in [0.2, 0.25) is 11.8 Å². The summed E-state index contributed by atoms with van der Waals surface area (Å²) >= 11 is 9.04. The number of hydrogen-bond acceptors (Lipinski definition) is 20. The Kier molecular flexibility index (Phi) is 15.9. The molecule has 10 atom stereocenters. The van der Waals surface area contributed by atoms with E-state index in [0.29, 0.717) is 10.3 Å². The Balaban J connectivity index is 1.77. The van der Waals surface area contributed by atoms with Crippen LogP contribution in [0.15, 0.2) is 29.4 Å². The van der Waals surface area contributed by atoms with Gasteiger partial charge in [0.25, 0.3) is 0 Å². The third-order valence-electron chi connectivity index (χ3n) is 9.04. The van der Waals surface area contributed by atoms with Crippen molar-refractivity contribution in [2.45, 2.75) is 121 Å². The number of esters is 6. The summed E-state index contributed by atoms with van der Waals surface area (Å²) in [6.45, 7) is 8.02. The molecule has 2 saturated heterocycles. The van der Waals surface area contributed by atoms with Gasteiger partial charge in [0, 0.05) is 65.5 Å². The van der Waals surface area contributed by atoms with Crippen molar-refractivity contribution in [1.82, 2.24) is 25.4 Å². The third-order valence-corrected chi connectivity index (χ3v) is 11.8. The van der Waals surface area contributed by atoms with Crippen LogP contribution in [-0.2, 0) is 76.3 Å². The summed E-state index contributed by atoms with van der Waals surface area (Å²) in [5.41, 5.74) is -1.33. The topological polar surface area (TPSA) is 265 Å². The molecule has 0 spiro atoms. The van der Waals surface area contributed by atoms with Crippen molar-refractivity contribution >= 4 is 92.4 Å². The number of thiophene rings is 1. The summed E-state index contributed by atoms with van der Waals surface area (Å²) in [4.78, 5) is 101. The zero-order chi connectivity index (χ0) is 45.6. The fraction of sp³-hybridized carbons (Fsp3) is 0.526. The average molecular weight is 926 g/mol. The largest absolute Gasteiger partial charge is 0.463 e. The number of ether oxygens (including phenoxy) is 8. The Morgan fingerprint density at radius 1 is 0.677 bits per heavy atom. The van der Waals surface area contributed by atoms with Gasteiger partial charge in [-0.15, -0.1) is 21.5 Å². The third kappa shape index (κ3) is 11.6. The lowest BCUT2D eigenvalue weighted by Gasteiger charge is -2.46. The minimum Gasteiger partial charge on any atom is -0.463 e. The molecule has 336 valence electrons. The molecule has 2 aromatic heterocycles. The Morgan fingerprint density at radius 2 is 1.16 bits per heavy atom. The monoisotopic (exact) mass is 925 g/mol. The Bertz CT molecular complexity index is 2220. The average Bonchev–Trinajstić information content (AvgIpc) is 3.72. The van der Waals surface area contributed by atoms with Crippen LogP contribution >= 0.6 is 34.7 Å². The van der Waals surface area contributed by atoms with Gasteiger partial charge >= 0.3 is 35.8 Å². The van der Waals surface area contributed by atoms with Crippen LogP contribution in [0, 0.1) is 0 Å². The van der Waals surface area contributed by atoms with E-state index in [1.54, 1.807) is 18.2 Å². The van der Waals surface area contributed by atoms with Gasteiger partial charge in [0.05, 0.1) is 9.90 Å². The van der Waals surface area contributed by atoms with Crippen molar-refractivity contribution in [2.75, 3.05) is 13.2 Å². The van der Waals surface area contributed by atoms with Crippen molar-refractivity contribution in [2.24, 2.45) is 0 Å². The molecule has 2 fully saturated rings. The highest BCUT2D eigenvalue weighted by Gasteiger charge is 2.55. The zero-order valence-corrected chi connectivity index (χ0v) is 37.0. The molecule has 2 aliphatic rings. The summed E-state index contributed by atoms with van der Waals surface area (Å²) in [7, 11) is 0. The van der Waals surface area contributed by atoms with Crippen LogP contribution in [0.4, 0.5) is 0 Å². The summed E-state index contributed by atoms with van der Waals surface area (Å²) in [6.07, 6.45) is -9.99. The molecular weight excluding hydrogens is 882 g/mol. The van der Waals surface area contributed by atoms with Crippen LogP contribution in [0.3, 0.4) is 0 Å². The SMILES string of the molecule is CC(=O)N[C@@H]1[C@@H](OC(C)=O)[C@H](OC(C)=O)[C@@H](COC(C)=O)O[C@H]1n1c(S[C@@H]2O[C@H](COC(C)=O)[C@@H](OC(C)=O)[C@H](OC(C)=O)[C@H]2NC(C)=O)nnc1-c1sc2ccccc2c1Cl. The highest BCUT2D eigenvalue weighted by molar-refractivity contribution is 7.99. The lowest BCUT2D eigenvalue weighted by Crippen LogP contribution is -2.65. The quantitative estimate of drug-likeness (QED) is 0.174. The van der Waals surface area contributed by atoms with Gasteiger partial charge in [-0.3, -0.25) is 42.9 Å². The first-order valence-corrected chi connectivity index (χ1v) is 20.9. The molecule has 3 aromatic rings. The van der Waals surface area contributed by atoms with Crippen LogP contribution < -0.4 is 10.6 Å². The fourth-order valence-electron chi connectivity index (χ4n) is 6.92. The number of halogens is 1. The molecule has 2 aliphatic heterocycles. The Hall–Kier alpha value is -5.36. The summed E-state index contributed by atoms with van der Waals surface area (Å²) in [5, 5.41) is 15.3. The molecule has 5 rings (SSSR count). The van der Waals surface area contributed by atoms with Crippen molar-refractivity contribution in [3.63, 3.8) is 0 Å². The smallest absolute Gasteiger partial charge is 0.303 e. The second-order valence-corrected chi connectivity index (χ2v) is 16.5. The molecule has 0 radical (unpaired) electrons. The number of carbonyl (C=O) groups excluding carboxylic acids is 8. The highest BCUT2D eigenvalue weighted by Crippen LogP contribution is 2.46. The molecule has 62 heavy (non-hydrogen) atoms. The van der Waals surface area contributed by atoms with Gasteiger partial charge < -0.3 is 48.5 Å². The number of thioether (sulfide) groups is 1. The van der Waals surface area contributed by atoms with E-state index in [-0.39, 0.29) is 16.0 Å². The Morgan fingerprint density at radius 3 is 1.66 bits per heavy atom. The van der Waals surface area contributed by atoms with Crippen molar-refractivity contribution < 1.29 is 76.3 Å². The second-order valence-electron chi connectivity index (χ2n) is 14.0. The first kappa shape index (κ1) is 47.7. The maximum Gasteiger partial charge on any atom is 0.303 e. The lowest BCUT2D eigenvalue weighted by atomic mass is 9.94. The van der Waals surface area contributed by atoms with Gasteiger partial charge in [0.15, 0.2) is 41.6 Å². The van der Waals surface area contributed by atoms with E-state index in [2.05, 4.69) is 20.8 Å². The van der Waals surface area contributed by atoms with Crippen molar-refractivity contribution in [3.05, 3.63) is 29.3 Å². The van der Waals surface area contributed by atoms with E-state index < -0.39 is 121 Å². The standard InChI is InChI=1S/C38H44ClN5O16S2/c1-15(45)40-28-32(57-21(7)51)30(55-19(5)49)24(13-53-17(3)47)59-36(28)44-35(34-27(39)23-11-9-10-12-26(23)61-34)42-43-38(44)62-37-29(41-16(2)46)33(58-22(8)52)31(56-20(6)50)25(60-37)14-54-18(4)48/h9-12,24-25,28-33,36-37H,13-14H2,1-8H3,(H,40,45)(H,41,46)/t24-,25-,28-,29-,30-,31-,32-,33-,36-,37+/m1/s1.